The van der Waals surface area contributed by atoms with Crippen molar-refractivity contribution in [3.05, 3.63) is 18.3 Å². The molecule has 2 rings (SSSR count). The number of nitrogens with zero attached hydrogens (tertiary/aromatic N) is 1. The Labute approximate surface area is 96.2 Å². The molecule has 1 aliphatic carbocycles. The van der Waals surface area contributed by atoms with Gasteiger partial charge in [-0.2, -0.15) is 0 Å². The van der Waals surface area contributed by atoms with Crippen molar-refractivity contribution in [2.75, 3.05) is 5.43 Å². The molecule has 0 bridgehead atoms. The van der Waals surface area contributed by atoms with Crippen LogP contribution in [0.15, 0.2) is 18.3 Å². The number of nitrogens with two attached hydrogens (primary N) is 1. The summed E-state index contributed by atoms with van der Waals surface area (Å²) in [6, 6.07) is 3.71. The minimum Gasteiger partial charge on any atom is -0.490 e. The Morgan fingerprint density at radius 2 is 2.12 bits per heavy atom. The van der Waals surface area contributed by atoms with Crippen molar-refractivity contribution in [1.29, 1.82) is 0 Å². The van der Waals surface area contributed by atoms with Gasteiger partial charge in [-0.3, -0.25) is 0 Å². The average molecular weight is 221 g/mol. The van der Waals surface area contributed by atoms with Gasteiger partial charge in [0.15, 0.2) is 0 Å². The quantitative estimate of drug-likeness (QED) is 0.607. The van der Waals surface area contributed by atoms with Crippen LogP contribution in [-0.4, -0.2) is 11.1 Å². The fourth-order valence-corrected chi connectivity index (χ4v) is 2.10. The van der Waals surface area contributed by atoms with E-state index >= 15 is 0 Å². The van der Waals surface area contributed by atoms with Crippen LogP contribution >= 0.6 is 0 Å². The molecule has 16 heavy (non-hydrogen) atoms. The van der Waals surface area contributed by atoms with Gasteiger partial charge in [0.2, 0.25) is 0 Å². The maximum atomic E-state index is 5.91. The van der Waals surface area contributed by atoms with Crippen LogP contribution in [0.5, 0.6) is 5.75 Å². The molecule has 1 aromatic heterocycles. The second-order valence-corrected chi connectivity index (χ2v) is 4.52. The molecule has 0 aliphatic heterocycles. The first-order chi connectivity index (χ1) is 7.78. The van der Waals surface area contributed by atoms with E-state index in [2.05, 4.69) is 17.3 Å². The van der Waals surface area contributed by atoms with E-state index in [1.165, 1.54) is 12.8 Å². The molecule has 1 aromatic rings. The highest BCUT2D eigenvalue weighted by Gasteiger charge is 2.19. The van der Waals surface area contributed by atoms with Crippen molar-refractivity contribution in [3.63, 3.8) is 0 Å². The SMILES string of the molecule is CC1CCC(Oc2ccnc(NN)c2)CC1. The van der Waals surface area contributed by atoms with Gasteiger partial charge in [0.05, 0.1) is 6.10 Å². The van der Waals surface area contributed by atoms with Crippen molar-refractivity contribution in [2.24, 2.45) is 11.8 Å². The number of hydrazine groups is 1. The summed E-state index contributed by atoms with van der Waals surface area (Å²) in [5.74, 6) is 7.64. The highest BCUT2D eigenvalue weighted by atomic mass is 16.5. The summed E-state index contributed by atoms with van der Waals surface area (Å²) in [6.07, 6.45) is 6.87. The topological polar surface area (TPSA) is 60.2 Å². The van der Waals surface area contributed by atoms with Gasteiger partial charge in [-0.1, -0.05) is 6.92 Å². The van der Waals surface area contributed by atoms with Crippen LogP contribution in [-0.2, 0) is 0 Å². The van der Waals surface area contributed by atoms with Crippen molar-refractivity contribution in [3.8, 4) is 5.75 Å². The first-order valence-corrected chi connectivity index (χ1v) is 5.87. The Hall–Kier alpha value is -1.29. The molecular formula is C12H19N3O. The van der Waals surface area contributed by atoms with Crippen molar-refractivity contribution >= 4 is 5.82 Å². The smallest absolute Gasteiger partial charge is 0.143 e. The van der Waals surface area contributed by atoms with E-state index in [0.29, 0.717) is 11.9 Å². The molecule has 0 unspecified atom stereocenters. The number of pyridine rings is 1. The highest BCUT2D eigenvalue weighted by Crippen LogP contribution is 2.27. The number of rotatable bonds is 3. The number of hydrogen-bond donors (Lipinski definition) is 2. The lowest BCUT2D eigenvalue weighted by Crippen LogP contribution is -2.23. The van der Waals surface area contributed by atoms with E-state index < -0.39 is 0 Å². The minimum atomic E-state index is 0.351. The third kappa shape index (κ3) is 2.85. The van der Waals surface area contributed by atoms with Crippen LogP contribution in [0.25, 0.3) is 0 Å². The molecule has 3 N–H and O–H groups in total. The zero-order valence-corrected chi connectivity index (χ0v) is 9.65. The molecule has 1 aliphatic rings. The largest absolute Gasteiger partial charge is 0.490 e. The van der Waals surface area contributed by atoms with E-state index in [-0.39, 0.29) is 0 Å². The van der Waals surface area contributed by atoms with Crippen LogP contribution in [0.3, 0.4) is 0 Å². The zero-order chi connectivity index (χ0) is 11.4. The second-order valence-electron chi connectivity index (χ2n) is 4.52. The molecule has 1 heterocycles. The lowest BCUT2D eigenvalue weighted by molar-refractivity contribution is 0.135. The number of nitrogen functional groups attached to an aromatic ring is 1. The standard InChI is InChI=1S/C12H19N3O/c1-9-2-4-10(5-3-9)16-11-6-7-14-12(8-11)15-13/h6-10H,2-5,13H2,1H3,(H,14,15). The van der Waals surface area contributed by atoms with Crippen molar-refractivity contribution < 1.29 is 4.74 Å². The van der Waals surface area contributed by atoms with E-state index in [0.717, 1.165) is 24.5 Å². The normalized spacial score (nSPS) is 25.1. The summed E-state index contributed by atoms with van der Waals surface area (Å²) in [4.78, 5) is 4.05. The molecule has 1 saturated carbocycles. The molecule has 0 spiro atoms. The zero-order valence-electron chi connectivity index (χ0n) is 9.65. The van der Waals surface area contributed by atoms with Gasteiger partial charge < -0.3 is 10.2 Å². The Kier molecular flexibility index (Phi) is 3.62. The second kappa shape index (κ2) is 5.16. The van der Waals surface area contributed by atoms with Gasteiger partial charge >= 0.3 is 0 Å². The number of hydrogen-bond acceptors (Lipinski definition) is 4. The summed E-state index contributed by atoms with van der Waals surface area (Å²) in [6.45, 7) is 2.30. The van der Waals surface area contributed by atoms with Crippen LogP contribution in [0.1, 0.15) is 32.6 Å². The maximum Gasteiger partial charge on any atom is 0.143 e. The Bertz CT molecular complexity index is 335. The van der Waals surface area contributed by atoms with E-state index in [9.17, 15) is 0 Å². The summed E-state index contributed by atoms with van der Waals surface area (Å²) in [7, 11) is 0. The van der Waals surface area contributed by atoms with Gasteiger partial charge in [-0.25, -0.2) is 10.8 Å². The van der Waals surface area contributed by atoms with Crippen molar-refractivity contribution in [1.82, 2.24) is 4.98 Å². The van der Waals surface area contributed by atoms with Crippen LogP contribution in [0, 0.1) is 5.92 Å². The molecule has 0 atom stereocenters. The monoisotopic (exact) mass is 221 g/mol. The summed E-state index contributed by atoms with van der Waals surface area (Å²) >= 11 is 0. The third-order valence-electron chi connectivity index (χ3n) is 3.14. The van der Waals surface area contributed by atoms with Gasteiger partial charge in [0.1, 0.15) is 11.6 Å². The lowest BCUT2D eigenvalue weighted by atomic mass is 9.89. The molecule has 0 saturated heterocycles. The van der Waals surface area contributed by atoms with Gasteiger partial charge in [-0.05, 0) is 37.7 Å². The predicted octanol–water partition coefficient (Wildman–Crippen LogP) is 2.32. The van der Waals surface area contributed by atoms with Gasteiger partial charge in [0.25, 0.3) is 0 Å². The molecule has 88 valence electrons. The Morgan fingerprint density at radius 1 is 1.38 bits per heavy atom. The van der Waals surface area contributed by atoms with E-state index in [4.69, 9.17) is 10.6 Å². The molecule has 0 amide bonds. The summed E-state index contributed by atoms with van der Waals surface area (Å²) in [5.41, 5.74) is 2.52. The first-order valence-electron chi connectivity index (χ1n) is 5.87. The van der Waals surface area contributed by atoms with Crippen LogP contribution < -0.4 is 16.0 Å². The third-order valence-corrected chi connectivity index (χ3v) is 3.14. The molecular weight excluding hydrogens is 202 g/mol. The summed E-state index contributed by atoms with van der Waals surface area (Å²) in [5, 5.41) is 0. The number of aromatic nitrogens is 1. The summed E-state index contributed by atoms with van der Waals surface area (Å²) < 4.78 is 5.91. The molecule has 4 heteroatoms. The van der Waals surface area contributed by atoms with Gasteiger partial charge in [0, 0.05) is 12.3 Å². The predicted molar refractivity (Wildman–Crippen MR) is 64.1 cm³/mol. The number of ether oxygens (including phenoxy) is 1. The highest BCUT2D eigenvalue weighted by molar-refractivity contribution is 5.39. The lowest BCUT2D eigenvalue weighted by Gasteiger charge is -2.26. The van der Waals surface area contributed by atoms with Gasteiger partial charge in [-0.15, -0.1) is 0 Å². The first kappa shape index (κ1) is 11.2. The number of anilines is 1. The minimum absolute atomic E-state index is 0.351. The number of nitrogens with one attached hydrogen (secondary N) is 1. The molecule has 0 radical (unpaired) electrons. The van der Waals surface area contributed by atoms with Crippen LogP contribution in [0.2, 0.25) is 0 Å². The average Bonchev–Trinajstić information content (AvgIpc) is 2.32. The fourth-order valence-electron chi connectivity index (χ4n) is 2.10. The molecule has 4 nitrogen and oxygen atoms in total. The van der Waals surface area contributed by atoms with E-state index in [1.54, 1.807) is 6.20 Å². The molecule has 0 aromatic carbocycles. The van der Waals surface area contributed by atoms with Crippen molar-refractivity contribution in [2.45, 2.75) is 38.7 Å². The Balaban J connectivity index is 1.93. The van der Waals surface area contributed by atoms with E-state index in [1.807, 2.05) is 12.1 Å². The maximum absolute atomic E-state index is 5.91. The van der Waals surface area contributed by atoms with Crippen LogP contribution in [0.4, 0.5) is 5.82 Å². The Morgan fingerprint density at radius 3 is 2.81 bits per heavy atom. The molecule has 1 fully saturated rings. The fraction of sp³-hybridized carbons (Fsp3) is 0.583.